The molecule has 1 aromatic rings. The van der Waals surface area contributed by atoms with E-state index in [0.717, 1.165) is 0 Å². The minimum atomic E-state index is -1.26. The number of carbonyl (C=O) groups is 2. The van der Waals surface area contributed by atoms with Crippen LogP contribution in [0.4, 0.5) is 0 Å². The number of aliphatic hydroxyl groups excluding tert-OH is 1. The van der Waals surface area contributed by atoms with E-state index in [1.807, 2.05) is 27.7 Å². The Bertz CT molecular complexity index is 429. The molecule has 1 rings (SSSR count). The van der Waals surface area contributed by atoms with E-state index < -0.39 is 24.0 Å². The molecule has 0 bridgehead atoms. The van der Waals surface area contributed by atoms with Crippen molar-refractivity contribution in [3.05, 3.63) is 29.8 Å². The van der Waals surface area contributed by atoms with Crippen LogP contribution >= 0.6 is 0 Å². The molecule has 1 amide bonds. The number of carbonyl (C=O) groups excluding carboxylic acids is 1. The predicted octanol–water partition coefficient (Wildman–Crippen LogP) is 1.94. The zero-order valence-electron chi connectivity index (χ0n) is 13.8. The first-order chi connectivity index (χ1) is 10.4. The average Bonchev–Trinajstić information content (AvgIpc) is 2.52. The highest BCUT2D eigenvalue weighted by Gasteiger charge is 2.22. The van der Waals surface area contributed by atoms with E-state index in [1.165, 1.54) is 19.1 Å². The molecule has 6 heteroatoms. The second-order valence-electron chi connectivity index (χ2n) is 3.95. The fourth-order valence-electron chi connectivity index (χ4n) is 1.36. The van der Waals surface area contributed by atoms with E-state index >= 15 is 0 Å². The number of benzene rings is 1. The van der Waals surface area contributed by atoms with Crippen LogP contribution in [0.3, 0.4) is 0 Å². The van der Waals surface area contributed by atoms with Crippen LogP contribution in [0.15, 0.2) is 24.3 Å². The van der Waals surface area contributed by atoms with Gasteiger partial charge in [0.05, 0.1) is 0 Å². The highest BCUT2D eigenvalue weighted by atomic mass is 16.4. The third kappa shape index (κ3) is 8.97. The SMILES string of the molecule is CC.CC.CC(O)C(=O)NC(Cc1ccc(O)cc1)C(=O)O. The van der Waals surface area contributed by atoms with Gasteiger partial charge in [-0.15, -0.1) is 0 Å². The Hall–Kier alpha value is -2.08. The maximum Gasteiger partial charge on any atom is 0.326 e. The third-order valence-corrected chi connectivity index (χ3v) is 2.37. The molecule has 0 aliphatic rings. The number of phenols is 1. The summed E-state index contributed by atoms with van der Waals surface area (Å²) in [5.74, 6) is -1.84. The second kappa shape index (κ2) is 12.6. The highest BCUT2D eigenvalue weighted by Crippen LogP contribution is 2.11. The number of amides is 1. The number of nitrogens with one attached hydrogen (secondary N) is 1. The van der Waals surface area contributed by atoms with Crippen molar-refractivity contribution in [2.45, 2.75) is 53.2 Å². The Morgan fingerprint density at radius 1 is 1.09 bits per heavy atom. The van der Waals surface area contributed by atoms with Crippen molar-refractivity contribution < 1.29 is 24.9 Å². The standard InChI is InChI=1S/C12H15NO5.2C2H6/c1-7(14)11(16)13-10(12(17)18)6-8-2-4-9(15)5-3-8;2*1-2/h2-5,7,10,14-15H,6H2,1H3,(H,13,16)(H,17,18);2*1-2H3. The number of carboxylic acids is 1. The predicted molar refractivity (Wildman–Crippen MR) is 85.8 cm³/mol. The fourth-order valence-corrected chi connectivity index (χ4v) is 1.36. The highest BCUT2D eigenvalue weighted by molar-refractivity contribution is 5.86. The summed E-state index contributed by atoms with van der Waals surface area (Å²) in [5.41, 5.74) is 0.658. The summed E-state index contributed by atoms with van der Waals surface area (Å²) in [6.07, 6.45) is -1.18. The van der Waals surface area contributed by atoms with E-state index in [0.29, 0.717) is 5.56 Å². The maximum atomic E-state index is 11.2. The van der Waals surface area contributed by atoms with Gasteiger partial charge >= 0.3 is 5.97 Å². The van der Waals surface area contributed by atoms with Gasteiger partial charge in [0.1, 0.15) is 17.9 Å². The van der Waals surface area contributed by atoms with Crippen LogP contribution in [0, 0.1) is 0 Å². The van der Waals surface area contributed by atoms with Crippen molar-refractivity contribution in [3.63, 3.8) is 0 Å². The second-order valence-corrected chi connectivity index (χ2v) is 3.95. The van der Waals surface area contributed by atoms with Crippen LogP contribution in [0.25, 0.3) is 0 Å². The lowest BCUT2D eigenvalue weighted by Gasteiger charge is -2.15. The summed E-state index contributed by atoms with van der Waals surface area (Å²) in [4.78, 5) is 22.2. The van der Waals surface area contributed by atoms with Crippen molar-refractivity contribution >= 4 is 11.9 Å². The smallest absolute Gasteiger partial charge is 0.326 e. The first-order valence-corrected chi connectivity index (χ1v) is 7.39. The van der Waals surface area contributed by atoms with Crippen molar-refractivity contribution in [1.82, 2.24) is 5.32 Å². The minimum absolute atomic E-state index is 0.0775. The third-order valence-electron chi connectivity index (χ3n) is 2.37. The first-order valence-electron chi connectivity index (χ1n) is 7.39. The Morgan fingerprint density at radius 2 is 1.55 bits per heavy atom. The summed E-state index contributed by atoms with van der Waals surface area (Å²) in [7, 11) is 0. The minimum Gasteiger partial charge on any atom is -0.508 e. The first kappa shape index (κ1) is 22.2. The van der Waals surface area contributed by atoms with Crippen LogP contribution in [0.2, 0.25) is 0 Å². The Morgan fingerprint density at radius 3 is 1.91 bits per heavy atom. The number of phenolic OH excluding ortho intramolecular Hbond substituents is 1. The summed E-state index contributed by atoms with van der Waals surface area (Å²) >= 11 is 0. The van der Waals surface area contributed by atoms with Gasteiger partial charge in [0.15, 0.2) is 0 Å². The number of aliphatic hydroxyl groups is 1. The number of carboxylic acid groups (broad SMARTS) is 1. The molecule has 22 heavy (non-hydrogen) atoms. The van der Waals surface area contributed by atoms with E-state index in [2.05, 4.69) is 5.32 Å². The van der Waals surface area contributed by atoms with E-state index in [-0.39, 0.29) is 12.2 Å². The van der Waals surface area contributed by atoms with Gasteiger partial charge in [-0.05, 0) is 24.6 Å². The molecule has 0 aliphatic carbocycles. The lowest BCUT2D eigenvalue weighted by molar-refractivity contribution is -0.143. The molecule has 126 valence electrons. The lowest BCUT2D eigenvalue weighted by Crippen LogP contribution is -2.45. The molecule has 0 spiro atoms. The molecule has 2 atom stereocenters. The van der Waals surface area contributed by atoms with Crippen molar-refractivity contribution in [3.8, 4) is 5.75 Å². The van der Waals surface area contributed by atoms with Crippen molar-refractivity contribution in [1.29, 1.82) is 0 Å². The lowest BCUT2D eigenvalue weighted by atomic mass is 10.1. The van der Waals surface area contributed by atoms with Crippen LogP contribution in [0.5, 0.6) is 5.75 Å². The van der Waals surface area contributed by atoms with Gasteiger partial charge in [-0.25, -0.2) is 4.79 Å². The van der Waals surface area contributed by atoms with Gasteiger partial charge in [-0.1, -0.05) is 39.8 Å². The molecule has 6 nitrogen and oxygen atoms in total. The number of hydrogen-bond acceptors (Lipinski definition) is 4. The number of aromatic hydroxyl groups is 1. The van der Waals surface area contributed by atoms with Crippen LogP contribution < -0.4 is 5.32 Å². The molecule has 0 radical (unpaired) electrons. The van der Waals surface area contributed by atoms with Crippen LogP contribution in [-0.2, 0) is 16.0 Å². The molecule has 0 aromatic heterocycles. The Kier molecular flexibility index (Phi) is 12.8. The fraction of sp³-hybridized carbons (Fsp3) is 0.500. The number of rotatable bonds is 5. The summed E-state index contributed by atoms with van der Waals surface area (Å²) < 4.78 is 0. The van der Waals surface area contributed by atoms with Crippen molar-refractivity contribution in [2.75, 3.05) is 0 Å². The van der Waals surface area contributed by atoms with Gasteiger partial charge in [0.2, 0.25) is 5.91 Å². The average molecular weight is 313 g/mol. The van der Waals surface area contributed by atoms with E-state index in [1.54, 1.807) is 12.1 Å². The molecule has 0 saturated heterocycles. The topological polar surface area (TPSA) is 107 Å². The zero-order valence-corrected chi connectivity index (χ0v) is 13.8. The summed E-state index contributed by atoms with van der Waals surface area (Å²) in [6.45, 7) is 9.26. The molecule has 0 fully saturated rings. The Balaban J connectivity index is 0. The zero-order chi connectivity index (χ0) is 17.7. The largest absolute Gasteiger partial charge is 0.508 e. The molecule has 4 N–H and O–H groups in total. The molecular formula is C16H27NO5. The van der Waals surface area contributed by atoms with E-state index in [4.69, 9.17) is 15.3 Å². The molecule has 0 aliphatic heterocycles. The van der Waals surface area contributed by atoms with Crippen LogP contribution in [-0.4, -0.2) is 39.3 Å². The monoisotopic (exact) mass is 313 g/mol. The molecule has 0 heterocycles. The van der Waals surface area contributed by atoms with Gasteiger partial charge in [-0.2, -0.15) is 0 Å². The normalized spacial score (nSPS) is 11.7. The van der Waals surface area contributed by atoms with Gasteiger partial charge < -0.3 is 20.6 Å². The molecular weight excluding hydrogens is 286 g/mol. The van der Waals surface area contributed by atoms with Crippen LogP contribution in [0.1, 0.15) is 40.2 Å². The maximum absolute atomic E-state index is 11.2. The molecule has 0 saturated carbocycles. The number of aliphatic carboxylic acids is 1. The number of hydrogen-bond donors (Lipinski definition) is 4. The van der Waals surface area contributed by atoms with Gasteiger partial charge in [0, 0.05) is 6.42 Å². The molecule has 1 aromatic carbocycles. The van der Waals surface area contributed by atoms with Crippen molar-refractivity contribution in [2.24, 2.45) is 0 Å². The van der Waals surface area contributed by atoms with Gasteiger partial charge in [-0.3, -0.25) is 4.79 Å². The summed E-state index contributed by atoms with van der Waals surface area (Å²) in [6, 6.07) is 4.89. The molecule has 2 unspecified atom stereocenters. The quantitative estimate of drug-likeness (QED) is 0.664. The summed E-state index contributed by atoms with van der Waals surface area (Å²) in [5, 5.41) is 29.3. The van der Waals surface area contributed by atoms with E-state index in [9.17, 15) is 9.59 Å². The van der Waals surface area contributed by atoms with Gasteiger partial charge in [0.25, 0.3) is 0 Å². The Labute approximate surface area is 131 Å².